The molecule has 0 saturated heterocycles. The van der Waals surface area contributed by atoms with Crippen molar-refractivity contribution in [1.82, 2.24) is 0 Å². The van der Waals surface area contributed by atoms with Gasteiger partial charge < -0.3 is 0 Å². The number of ketones is 1. The predicted octanol–water partition coefficient (Wildman–Crippen LogP) is 2.70. The average Bonchev–Trinajstić information content (AvgIpc) is 2.15. The monoisotopic (exact) mass is 193 g/mol. The molecule has 0 aromatic heterocycles. The molecule has 1 aromatic rings. The molecule has 0 bridgehead atoms. The van der Waals surface area contributed by atoms with Gasteiger partial charge in [0.15, 0.2) is 5.78 Å². The molecule has 2 nitrogen and oxygen atoms in total. The van der Waals surface area contributed by atoms with Gasteiger partial charge in [0.2, 0.25) is 0 Å². The lowest BCUT2D eigenvalue weighted by Crippen LogP contribution is -1.88. The van der Waals surface area contributed by atoms with Crippen LogP contribution in [0.15, 0.2) is 34.2 Å². The zero-order chi connectivity index (χ0) is 9.68. The Bertz CT molecular complexity index is 333. The maximum absolute atomic E-state index is 10.7. The van der Waals surface area contributed by atoms with Crippen molar-refractivity contribution in [3.05, 3.63) is 24.3 Å². The fourth-order valence-corrected chi connectivity index (χ4v) is 1.44. The van der Waals surface area contributed by atoms with Crippen LogP contribution in [0, 0.1) is 0 Å². The van der Waals surface area contributed by atoms with E-state index in [1.54, 1.807) is 11.8 Å². The number of carbonyl (C=O) groups is 1. The molecule has 0 N–H and O–H groups in total. The third kappa shape index (κ3) is 3.03. The molecule has 68 valence electrons. The Morgan fingerprint density at radius 2 is 2.15 bits per heavy atom. The van der Waals surface area contributed by atoms with Crippen molar-refractivity contribution >= 4 is 29.4 Å². The van der Waals surface area contributed by atoms with Gasteiger partial charge in [-0.3, -0.25) is 9.79 Å². The predicted molar refractivity (Wildman–Crippen MR) is 57.1 cm³/mol. The second kappa shape index (κ2) is 4.82. The Morgan fingerprint density at radius 1 is 1.46 bits per heavy atom. The smallest absolute Gasteiger partial charge is 0.170 e. The SMILES string of the molecule is CSc1ccccc1N=CC(C)=O. The van der Waals surface area contributed by atoms with E-state index in [9.17, 15) is 4.79 Å². The fourth-order valence-electron chi connectivity index (χ4n) is 0.897. The third-order valence-electron chi connectivity index (χ3n) is 1.47. The Balaban J connectivity index is 2.93. The number of rotatable bonds is 3. The first kappa shape index (κ1) is 9.99. The van der Waals surface area contributed by atoms with Crippen LogP contribution in [-0.2, 0) is 4.79 Å². The number of Topliss-reactive ketones (excluding diaryl/α,β-unsaturated/α-hetero) is 1. The van der Waals surface area contributed by atoms with Gasteiger partial charge in [0.25, 0.3) is 0 Å². The zero-order valence-electron chi connectivity index (χ0n) is 7.65. The molecule has 3 heteroatoms. The highest BCUT2D eigenvalue weighted by atomic mass is 32.2. The standard InChI is InChI=1S/C10H11NOS/c1-8(12)7-11-9-5-3-4-6-10(9)13-2/h3-7H,1-2H3. The molecular formula is C10H11NOS. The van der Waals surface area contributed by atoms with Crippen molar-refractivity contribution in [2.75, 3.05) is 6.26 Å². The van der Waals surface area contributed by atoms with E-state index >= 15 is 0 Å². The Labute approximate surface area is 82.1 Å². The molecular weight excluding hydrogens is 182 g/mol. The summed E-state index contributed by atoms with van der Waals surface area (Å²) in [6, 6.07) is 7.74. The molecule has 0 saturated carbocycles. The van der Waals surface area contributed by atoms with E-state index in [4.69, 9.17) is 0 Å². The molecule has 0 amide bonds. The van der Waals surface area contributed by atoms with E-state index in [0.29, 0.717) is 0 Å². The molecule has 1 rings (SSSR count). The fraction of sp³-hybridized carbons (Fsp3) is 0.200. The van der Waals surface area contributed by atoms with Crippen molar-refractivity contribution in [2.24, 2.45) is 4.99 Å². The highest BCUT2D eigenvalue weighted by Crippen LogP contribution is 2.26. The van der Waals surface area contributed by atoms with E-state index in [-0.39, 0.29) is 5.78 Å². The quantitative estimate of drug-likeness (QED) is 0.545. The van der Waals surface area contributed by atoms with Gasteiger partial charge >= 0.3 is 0 Å². The van der Waals surface area contributed by atoms with Crippen LogP contribution in [-0.4, -0.2) is 18.3 Å². The van der Waals surface area contributed by atoms with Crippen molar-refractivity contribution < 1.29 is 4.79 Å². The first-order chi connectivity index (χ1) is 6.24. The number of nitrogens with zero attached hydrogens (tertiary/aromatic N) is 1. The van der Waals surface area contributed by atoms with Gasteiger partial charge in [-0.1, -0.05) is 12.1 Å². The Kier molecular flexibility index (Phi) is 3.71. The first-order valence-corrected chi connectivity index (χ1v) is 5.14. The zero-order valence-corrected chi connectivity index (χ0v) is 8.47. The van der Waals surface area contributed by atoms with Crippen LogP contribution in [0.1, 0.15) is 6.92 Å². The largest absolute Gasteiger partial charge is 0.293 e. The summed E-state index contributed by atoms with van der Waals surface area (Å²) in [6.07, 6.45) is 3.33. The van der Waals surface area contributed by atoms with Gasteiger partial charge in [-0.05, 0) is 18.4 Å². The van der Waals surface area contributed by atoms with E-state index in [1.165, 1.54) is 13.1 Å². The van der Waals surface area contributed by atoms with Gasteiger partial charge in [-0.25, -0.2) is 0 Å². The van der Waals surface area contributed by atoms with Crippen LogP contribution >= 0.6 is 11.8 Å². The summed E-state index contributed by atoms with van der Waals surface area (Å²) in [5.74, 6) is -0.0316. The molecule has 0 spiro atoms. The lowest BCUT2D eigenvalue weighted by atomic mass is 10.3. The molecule has 13 heavy (non-hydrogen) atoms. The summed E-state index contributed by atoms with van der Waals surface area (Å²) in [4.78, 5) is 15.8. The van der Waals surface area contributed by atoms with Crippen LogP contribution in [0.5, 0.6) is 0 Å². The van der Waals surface area contributed by atoms with Crippen LogP contribution in [0.4, 0.5) is 5.69 Å². The second-order valence-electron chi connectivity index (χ2n) is 2.54. The number of para-hydroxylation sites is 1. The van der Waals surface area contributed by atoms with Crippen molar-refractivity contribution in [2.45, 2.75) is 11.8 Å². The highest BCUT2D eigenvalue weighted by molar-refractivity contribution is 7.98. The second-order valence-corrected chi connectivity index (χ2v) is 3.39. The maximum atomic E-state index is 10.7. The average molecular weight is 193 g/mol. The van der Waals surface area contributed by atoms with Gasteiger partial charge in [-0.2, -0.15) is 0 Å². The van der Waals surface area contributed by atoms with Crippen molar-refractivity contribution in [3.8, 4) is 0 Å². The molecule has 0 atom stereocenters. The lowest BCUT2D eigenvalue weighted by Gasteiger charge is -1.99. The van der Waals surface area contributed by atoms with E-state index in [1.807, 2.05) is 30.5 Å². The van der Waals surface area contributed by atoms with Crippen LogP contribution in [0.3, 0.4) is 0 Å². The normalized spacial score (nSPS) is 10.6. The first-order valence-electron chi connectivity index (χ1n) is 3.91. The number of benzene rings is 1. The molecule has 1 aromatic carbocycles. The van der Waals surface area contributed by atoms with Crippen molar-refractivity contribution in [1.29, 1.82) is 0 Å². The molecule has 0 radical (unpaired) electrons. The lowest BCUT2D eigenvalue weighted by molar-refractivity contribution is -0.110. The number of aliphatic imine (C=N–C) groups is 1. The summed E-state index contributed by atoms with van der Waals surface area (Å²) in [7, 11) is 0. The number of hydrogen-bond donors (Lipinski definition) is 0. The highest BCUT2D eigenvalue weighted by Gasteiger charge is 1.96. The summed E-state index contributed by atoms with van der Waals surface area (Å²) in [5, 5.41) is 0. The topological polar surface area (TPSA) is 29.4 Å². The molecule has 0 unspecified atom stereocenters. The summed E-state index contributed by atoms with van der Waals surface area (Å²) >= 11 is 1.62. The molecule has 0 fully saturated rings. The molecule has 0 aliphatic carbocycles. The van der Waals surface area contributed by atoms with Gasteiger partial charge in [0.1, 0.15) is 0 Å². The minimum Gasteiger partial charge on any atom is -0.293 e. The van der Waals surface area contributed by atoms with Crippen molar-refractivity contribution in [3.63, 3.8) is 0 Å². The van der Waals surface area contributed by atoms with Gasteiger partial charge in [0, 0.05) is 11.8 Å². The molecule has 0 aliphatic heterocycles. The minimum absolute atomic E-state index is 0.0316. The summed E-state index contributed by atoms with van der Waals surface area (Å²) < 4.78 is 0. The summed E-state index contributed by atoms with van der Waals surface area (Å²) in [6.45, 7) is 1.49. The van der Waals surface area contributed by atoms with E-state index < -0.39 is 0 Å². The van der Waals surface area contributed by atoms with Crippen LogP contribution in [0.2, 0.25) is 0 Å². The van der Waals surface area contributed by atoms with E-state index in [0.717, 1.165) is 10.6 Å². The number of hydrogen-bond acceptors (Lipinski definition) is 3. The minimum atomic E-state index is -0.0316. The molecule has 0 aliphatic rings. The van der Waals surface area contributed by atoms with Crippen LogP contribution < -0.4 is 0 Å². The molecule has 0 heterocycles. The van der Waals surface area contributed by atoms with Gasteiger partial charge in [-0.15, -0.1) is 11.8 Å². The Hall–Kier alpha value is -1.09. The number of thioether (sulfide) groups is 1. The Morgan fingerprint density at radius 3 is 2.77 bits per heavy atom. The van der Waals surface area contributed by atoms with E-state index in [2.05, 4.69) is 4.99 Å². The third-order valence-corrected chi connectivity index (χ3v) is 2.26. The van der Waals surface area contributed by atoms with Gasteiger partial charge in [0.05, 0.1) is 11.9 Å². The maximum Gasteiger partial charge on any atom is 0.170 e. The number of carbonyl (C=O) groups excluding carboxylic acids is 1. The summed E-state index contributed by atoms with van der Waals surface area (Å²) in [5.41, 5.74) is 0.852. The van der Waals surface area contributed by atoms with Crippen LogP contribution in [0.25, 0.3) is 0 Å².